The second-order valence-electron chi connectivity index (χ2n) is 17.3. The van der Waals surface area contributed by atoms with Gasteiger partial charge in [0.25, 0.3) is 0 Å². The number of hydrogen-bond donors (Lipinski definition) is 1. The number of rotatable bonds is 4. The average molecular weight is 797 g/mol. The molecule has 4 aromatic heterocycles. The number of aliphatic imine (C=N–C) groups is 1. The van der Waals surface area contributed by atoms with E-state index in [1.54, 1.807) is 0 Å². The van der Waals surface area contributed by atoms with Gasteiger partial charge in [0.05, 0.1) is 33.5 Å². The van der Waals surface area contributed by atoms with Gasteiger partial charge in [0.2, 0.25) is 0 Å². The van der Waals surface area contributed by atoms with E-state index >= 15 is 0 Å². The molecule has 6 nitrogen and oxygen atoms in total. The first-order valence-electron chi connectivity index (χ1n) is 22.0. The Labute approximate surface area is 358 Å². The fourth-order valence-electron chi connectivity index (χ4n) is 11.5. The predicted molar refractivity (Wildman–Crippen MR) is 255 cm³/mol. The molecule has 0 radical (unpaired) electrons. The Hall–Kier alpha value is -7.57. The van der Waals surface area contributed by atoms with Crippen molar-refractivity contribution in [3.63, 3.8) is 0 Å². The first-order chi connectivity index (χ1) is 30.8. The third-order valence-corrected chi connectivity index (χ3v) is 14.1. The standard InChI is InChI=1S/C56H40N6/c1-3-11-39-33(9-1)23-27-59-53(39)37-17-21-47-43(31-37)45-29-35-15-20-42-52-36(16-19-41(51(35)52)55(45)61(47)49-13-5-7-25-57-49)30-46-44-32-38(54-40-12-4-2-10-34(40)24-28-60-54)18-22-48(44)62(56(42)46)50-14-6-8-26-58-50/h1-14,17-18,21-23,25,27,29-32,58H,15-16,19-20,24,26,28H2. The van der Waals surface area contributed by atoms with Crippen LogP contribution in [0.25, 0.3) is 88.4 Å². The van der Waals surface area contributed by atoms with E-state index in [9.17, 15) is 0 Å². The van der Waals surface area contributed by atoms with Crippen LogP contribution in [-0.4, -0.2) is 37.9 Å². The van der Waals surface area contributed by atoms with Crippen molar-refractivity contribution in [2.24, 2.45) is 4.99 Å². The van der Waals surface area contributed by atoms with Crippen LogP contribution in [0, 0.1) is 0 Å². The van der Waals surface area contributed by atoms with Crippen molar-refractivity contribution < 1.29 is 0 Å². The molecule has 0 atom stereocenters. The Morgan fingerprint density at radius 1 is 0.532 bits per heavy atom. The molecule has 6 heteroatoms. The van der Waals surface area contributed by atoms with E-state index in [1.807, 2.05) is 18.5 Å². The van der Waals surface area contributed by atoms with Crippen molar-refractivity contribution in [1.29, 1.82) is 0 Å². The highest BCUT2D eigenvalue weighted by atomic mass is 15.1. The maximum atomic E-state index is 5.13. The molecule has 0 spiro atoms. The van der Waals surface area contributed by atoms with E-state index < -0.39 is 0 Å². The third-order valence-electron chi connectivity index (χ3n) is 14.1. The molecule has 0 amide bonds. The van der Waals surface area contributed by atoms with Crippen molar-refractivity contribution in [3.8, 4) is 28.2 Å². The van der Waals surface area contributed by atoms with E-state index in [1.165, 1.54) is 104 Å². The molecule has 10 aromatic rings. The second-order valence-corrected chi connectivity index (χ2v) is 17.3. The SMILES string of the molecule is C1=CCNC(n2c3ccc(C4=NCCc5ccccc54)cc3c3cc4c5c(c32)CCc2cc3c6cc(-c7nccc8ccccc78)ccc6n(-c6ccccn6)c3c(c2-5)CC4)=C1. The summed E-state index contributed by atoms with van der Waals surface area (Å²) in [6.07, 6.45) is 15.4. The average Bonchev–Trinajstić information content (AvgIpc) is 3.85. The van der Waals surface area contributed by atoms with Gasteiger partial charge in [0, 0.05) is 69.1 Å². The number of benzene rings is 6. The van der Waals surface area contributed by atoms with Gasteiger partial charge in [-0.3, -0.25) is 19.1 Å². The lowest BCUT2D eigenvalue weighted by atomic mass is 9.74. The van der Waals surface area contributed by atoms with E-state index in [2.05, 4.69) is 148 Å². The highest BCUT2D eigenvalue weighted by molar-refractivity contribution is 6.20. The number of nitrogens with one attached hydrogen (secondary N) is 1. The minimum absolute atomic E-state index is 0.806. The Kier molecular flexibility index (Phi) is 7.15. The Balaban J connectivity index is 1.04. The molecule has 2 aliphatic carbocycles. The zero-order valence-corrected chi connectivity index (χ0v) is 34.1. The zero-order valence-electron chi connectivity index (χ0n) is 34.1. The maximum absolute atomic E-state index is 5.13. The Morgan fingerprint density at radius 3 is 2.05 bits per heavy atom. The lowest BCUT2D eigenvalue weighted by Crippen LogP contribution is -2.21. The van der Waals surface area contributed by atoms with Crippen LogP contribution in [0.4, 0.5) is 0 Å². The molecule has 1 N–H and O–H groups in total. The molecule has 0 unspecified atom stereocenters. The Morgan fingerprint density at radius 2 is 1.26 bits per heavy atom. The highest BCUT2D eigenvalue weighted by Crippen LogP contribution is 2.51. The molecule has 6 aromatic carbocycles. The first kappa shape index (κ1) is 34.2. The summed E-state index contributed by atoms with van der Waals surface area (Å²) in [6, 6.07) is 44.8. The smallest absolute Gasteiger partial charge is 0.137 e. The topological polar surface area (TPSA) is 60.0 Å². The van der Waals surface area contributed by atoms with E-state index in [4.69, 9.17) is 15.0 Å². The minimum Gasteiger partial charge on any atom is -0.368 e. The molecular weight excluding hydrogens is 757 g/mol. The van der Waals surface area contributed by atoms with Gasteiger partial charge in [-0.15, -0.1) is 0 Å². The van der Waals surface area contributed by atoms with E-state index in [-0.39, 0.29) is 0 Å². The monoisotopic (exact) mass is 796 g/mol. The number of aryl methyl sites for hydroxylation is 4. The maximum Gasteiger partial charge on any atom is 0.137 e. The van der Waals surface area contributed by atoms with Crippen molar-refractivity contribution in [3.05, 3.63) is 191 Å². The van der Waals surface area contributed by atoms with Gasteiger partial charge in [-0.2, -0.15) is 0 Å². The van der Waals surface area contributed by atoms with Gasteiger partial charge in [0.1, 0.15) is 11.6 Å². The molecule has 62 heavy (non-hydrogen) atoms. The summed E-state index contributed by atoms with van der Waals surface area (Å²) in [6.45, 7) is 1.63. The summed E-state index contributed by atoms with van der Waals surface area (Å²) in [4.78, 5) is 15.1. The number of nitrogens with zero attached hydrogens (tertiary/aromatic N) is 5. The molecule has 6 heterocycles. The van der Waals surface area contributed by atoms with Gasteiger partial charge >= 0.3 is 0 Å². The third kappa shape index (κ3) is 4.77. The van der Waals surface area contributed by atoms with Crippen molar-refractivity contribution in [2.45, 2.75) is 32.1 Å². The summed E-state index contributed by atoms with van der Waals surface area (Å²) in [5, 5.41) is 11.3. The van der Waals surface area contributed by atoms with Crippen LogP contribution in [0.15, 0.2) is 157 Å². The van der Waals surface area contributed by atoms with E-state index in [0.29, 0.717) is 0 Å². The summed E-state index contributed by atoms with van der Waals surface area (Å²) in [7, 11) is 0. The number of dihydropyridines is 1. The van der Waals surface area contributed by atoms with Gasteiger partial charge < -0.3 is 5.32 Å². The van der Waals surface area contributed by atoms with Gasteiger partial charge in [-0.05, 0) is 137 Å². The summed E-state index contributed by atoms with van der Waals surface area (Å²) >= 11 is 0. The molecular formula is C56H40N6. The van der Waals surface area contributed by atoms with Crippen molar-refractivity contribution >= 4 is 65.9 Å². The Bertz CT molecular complexity index is 3690. The fourth-order valence-corrected chi connectivity index (χ4v) is 11.5. The van der Waals surface area contributed by atoms with Crippen LogP contribution in [0.2, 0.25) is 0 Å². The van der Waals surface area contributed by atoms with Crippen molar-refractivity contribution in [2.75, 3.05) is 13.1 Å². The summed E-state index contributed by atoms with van der Waals surface area (Å²) < 4.78 is 4.96. The molecule has 294 valence electrons. The minimum atomic E-state index is 0.806. The van der Waals surface area contributed by atoms with Gasteiger partial charge in [0.15, 0.2) is 0 Å². The number of hydrogen-bond acceptors (Lipinski definition) is 4. The second kappa shape index (κ2) is 13.0. The highest BCUT2D eigenvalue weighted by Gasteiger charge is 2.33. The summed E-state index contributed by atoms with van der Waals surface area (Å²) in [5.74, 6) is 2.07. The molecule has 0 bridgehead atoms. The van der Waals surface area contributed by atoms with Crippen LogP contribution < -0.4 is 5.32 Å². The predicted octanol–water partition coefficient (Wildman–Crippen LogP) is 11.7. The lowest BCUT2D eigenvalue weighted by molar-refractivity contribution is 0.876. The molecule has 4 aliphatic rings. The zero-order chi connectivity index (χ0) is 40.5. The van der Waals surface area contributed by atoms with Crippen LogP contribution >= 0.6 is 0 Å². The molecule has 0 saturated heterocycles. The van der Waals surface area contributed by atoms with Crippen LogP contribution in [0.3, 0.4) is 0 Å². The normalized spacial score (nSPS) is 15.2. The number of fused-ring (bicyclic) bond motifs is 10. The van der Waals surface area contributed by atoms with E-state index in [0.717, 1.165) is 73.8 Å². The van der Waals surface area contributed by atoms with Crippen LogP contribution in [0.5, 0.6) is 0 Å². The number of pyridine rings is 2. The molecule has 0 fully saturated rings. The van der Waals surface area contributed by atoms with Crippen molar-refractivity contribution in [1.82, 2.24) is 24.4 Å². The quantitative estimate of drug-likeness (QED) is 0.193. The lowest BCUT2D eigenvalue weighted by Gasteiger charge is -2.31. The summed E-state index contributed by atoms with van der Waals surface area (Å²) in [5.41, 5.74) is 20.8. The molecule has 0 saturated carbocycles. The fraction of sp³-hybridized carbons (Fsp3) is 0.125. The molecule has 14 rings (SSSR count). The van der Waals surface area contributed by atoms with Crippen LogP contribution in [-0.2, 0) is 32.1 Å². The first-order valence-corrected chi connectivity index (χ1v) is 22.0. The van der Waals surface area contributed by atoms with Gasteiger partial charge in [-0.1, -0.05) is 78.9 Å². The number of allylic oxidation sites excluding steroid dienone is 2. The largest absolute Gasteiger partial charge is 0.368 e. The number of aromatic nitrogens is 4. The molecule has 2 aliphatic heterocycles. The van der Waals surface area contributed by atoms with Gasteiger partial charge in [-0.25, -0.2) is 4.98 Å². The van der Waals surface area contributed by atoms with Crippen LogP contribution in [0.1, 0.15) is 38.9 Å².